The zero-order valence-electron chi connectivity index (χ0n) is 15.0. The van der Waals surface area contributed by atoms with Gasteiger partial charge in [-0.2, -0.15) is 13.2 Å². The highest BCUT2D eigenvalue weighted by molar-refractivity contribution is 7.98. The molecule has 1 aliphatic rings. The molecule has 1 unspecified atom stereocenters. The minimum Gasteiger partial charge on any atom is -0.315 e. The molecule has 0 aromatic heterocycles. The van der Waals surface area contributed by atoms with Gasteiger partial charge < -0.3 is 5.32 Å². The van der Waals surface area contributed by atoms with Crippen LogP contribution in [0, 0.1) is 0 Å². The molecule has 1 saturated heterocycles. The van der Waals surface area contributed by atoms with Crippen LogP contribution in [0.4, 0.5) is 13.2 Å². The van der Waals surface area contributed by atoms with Gasteiger partial charge in [-0.25, -0.2) is 0 Å². The van der Waals surface area contributed by atoms with Crippen LogP contribution in [-0.4, -0.2) is 37.3 Å². The maximum Gasteiger partial charge on any atom is 0.416 e. The fourth-order valence-electron chi connectivity index (χ4n) is 3.43. The second kappa shape index (κ2) is 8.86. The van der Waals surface area contributed by atoms with E-state index in [0.717, 1.165) is 49.1 Å². The van der Waals surface area contributed by atoms with Crippen molar-refractivity contribution in [3.05, 3.63) is 64.2 Å². The van der Waals surface area contributed by atoms with Crippen LogP contribution in [0.2, 0.25) is 5.02 Å². The van der Waals surface area contributed by atoms with Crippen LogP contribution in [-0.2, 0) is 6.18 Å². The minimum absolute atomic E-state index is 0.310. The molecule has 2 nitrogen and oxygen atoms in total. The Hall–Kier alpha value is -1.21. The van der Waals surface area contributed by atoms with Crippen molar-refractivity contribution in [1.82, 2.24) is 10.2 Å². The molecular formula is C20H22ClF3N2S. The van der Waals surface area contributed by atoms with Crippen molar-refractivity contribution in [1.29, 1.82) is 0 Å². The van der Waals surface area contributed by atoms with Gasteiger partial charge in [0, 0.05) is 29.6 Å². The number of thioether (sulfide) groups is 1. The lowest BCUT2D eigenvalue weighted by Crippen LogP contribution is -2.33. The molecule has 1 N–H and O–H groups in total. The van der Waals surface area contributed by atoms with E-state index in [1.807, 2.05) is 30.5 Å². The third-order valence-electron chi connectivity index (χ3n) is 4.79. The molecule has 146 valence electrons. The van der Waals surface area contributed by atoms with E-state index in [9.17, 15) is 13.2 Å². The normalized spacial score (nSPS) is 17.5. The fraction of sp³-hybridized carbons (Fsp3) is 0.400. The van der Waals surface area contributed by atoms with Crippen LogP contribution in [0.15, 0.2) is 47.4 Å². The molecule has 2 aromatic rings. The Balaban J connectivity index is 2.08. The van der Waals surface area contributed by atoms with Crippen molar-refractivity contribution in [2.75, 3.05) is 32.4 Å². The highest BCUT2D eigenvalue weighted by Crippen LogP contribution is 2.38. The number of alkyl halides is 3. The molecule has 7 heteroatoms. The van der Waals surface area contributed by atoms with Crippen molar-refractivity contribution in [2.24, 2.45) is 0 Å². The van der Waals surface area contributed by atoms with E-state index in [0.29, 0.717) is 10.6 Å². The first-order valence-corrected chi connectivity index (χ1v) is 10.5. The summed E-state index contributed by atoms with van der Waals surface area (Å²) < 4.78 is 39.9. The van der Waals surface area contributed by atoms with Crippen LogP contribution in [0.3, 0.4) is 0 Å². The summed E-state index contributed by atoms with van der Waals surface area (Å²) in [6.45, 7) is 3.26. The molecule has 1 atom stereocenters. The monoisotopic (exact) mass is 414 g/mol. The number of hydrogen-bond donors (Lipinski definition) is 1. The third-order valence-corrected chi connectivity index (χ3v) is 5.88. The minimum atomic E-state index is -4.40. The van der Waals surface area contributed by atoms with Crippen molar-refractivity contribution in [2.45, 2.75) is 23.5 Å². The smallest absolute Gasteiger partial charge is 0.315 e. The van der Waals surface area contributed by atoms with E-state index in [4.69, 9.17) is 11.6 Å². The average Bonchev–Trinajstić information content (AvgIpc) is 2.92. The van der Waals surface area contributed by atoms with Gasteiger partial charge in [-0.1, -0.05) is 23.7 Å². The lowest BCUT2D eigenvalue weighted by Gasteiger charge is -2.32. The Labute approximate surface area is 167 Å². The van der Waals surface area contributed by atoms with Gasteiger partial charge in [-0.15, -0.1) is 11.8 Å². The van der Waals surface area contributed by atoms with E-state index in [2.05, 4.69) is 10.2 Å². The summed E-state index contributed by atoms with van der Waals surface area (Å²) in [5.41, 5.74) is 0.793. The number of rotatable bonds is 4. The quantitative estimate of drug-likeness (QED) is 0.668. The Morgan fingerprint density at radius 2 is 1.81 bits per heavy atom. The molecule has 0 aliphatic carbocycles. The topological polar surface area (TPSA) is 15.3 Å². The summed E-state index contributed by atoms with van der Waals surface area (Å²) in [4.78, 5) is 3.33. The molecule has 1 heterocycles. The van der Waals surface area contributed by atoms with Crippen molar-refractivity contribution >= 4 is 23.4 Å². The van der Waals surface area contributed by atoms with E-state index in [1.54, 1.807) is 11.8 Å². The highest BCUT2D eigenvalue weighted by Gasteiger charge is 2.33. The van der Waals surface area contributed by atoms with Crippen molar-refractivity contribution in [3.8, 4) is 0 Å². The number of benzene rings is 2. The van der Waals surface area contributed by atoms with Gasteiger partial charge in [0.25, 0.3) is 0 Å². The predicted molar refractivity (Wildman–Crippen MR) is 106 cm³/mol. The first kappa shape index (κ1) is 20.5. The first-order valence-electron chi connectivity index (χ1n) is 8.85. The van der Waals surface area contributed by atoms with Gasteiger partial charge in [0.05, 0.1) is 11.6 Å². The van der Waals surface area contributed by atoms with Crippen LogP contribution < -0.4 is 5.32 Å². The summed E-state index contributed by atoms with van der Waals surface area (Å²) in [7, 11) is 0. The van der Waals surface area contributed by atoms with Crippen molar-refractivity contribution in [3.63, 3.8) is 0 Å². The van der Waals surface area contributed by atoms with Gasteiger partial charge >= 0.3 is 6.18 Å². The summed E-state index contributed by atoms with van der Waals surface area (Å²) >= 11 is 8.03. The van der Waals surface area contributed by atoms with Crippen LogP contribution in [0.5, 0.6) is 0 Å². The molecule has 1 aliphatic heterocycles. The van der Waals surface area contributed by atoms with E-state index >= 15 is 0 Å². The summed E-state index contributed by atoms with van der Waals surface area (Å²) in [5.74, 6) is 0. The zero-order valence-corrected chi connectivity index (χ0v) is 16.6. The number of nitrogens with zero attached hydrogens (tertiary/aromatic N) is 1. The van der Waals surface area contributed by atoms with Crippen LogP contribution >= 0.6 is 23.4 Å². The molecule has 2 aromatic carbocycles. The molecule has 0 saturated carbocycles. The molecule has 0 amide bonds. The SMILES string of the molecule is CSc1ccc(C(c2cc(C(F)(F)F)ccc2Cl)N2CCCNCC2)cc1. The predicted octanol–water partition coefficient (Wildman–Crippen LogP) is 5.47. The second-order valence-electron chi connectivity index (χ2n) is 6.55. The standard InChI is InChI=1S/C20H22ClF3N2S/c1-27-16-6-3-14(4-7-16)19(26-11-2-9-25-10-12-26)17-13-15(20(22,23)24)5-8-18(17)21/h3-8,13,19,25H,2,9-12H2,1H3. The summed E-state index contributed by atoms with van der Waals surface area (Å²) in [6.07, 6.45) is -1.46. The first-order chi connectivity index (χ1) is 12.9. The Bertz CT molecular complexity index is 757. The third kappa shape index (κ3) is 4.99. The fourth-order valence-corrected chi connectivity index (χ4v) is 4.06. The number of nitrogens with one attached hydrogen (secondary N) is 1. The summed E-state index contributed by atoms with van der Waals surface area (Å²) in [5, 5.41) is 3.71. The molecule has 1 fully saturated rings. The van der Waals surface area contributed by atoms with E-state index < -0.39 is 11.7 Å². The highest BCUT2D eigenvalue weighted by atomic mass is 35.5. The molecule has 0 bridgehead atoms. The van der Waals surface area contributed by atoms with E-state index in [-0.39, 0.29) is 6.04 Å². The van der Waals surface area contributed by atoms with E-state index in [1.165, 1.54) is 12.1 Å². The van der Waals surface area contributed by atoms with Gasteiger partial charge in [0.1, 0.15) is 0 Å². The molecule has 0 radical (unpaired) electrons. The molecule has 0 spiro atoms. The largest absolute Gasteiger partial charge is 0.416 e. The molecular weight excluding hydrogens is 393 g/mol. The maximum atomic E-state index is 13.3. The Kier molecular flexibility index (Phi) is 6.74. The molecule has 3 rings (SSSR count). The Morgan fingerprint density at radius 3 is 2.48 bits per heavy atom. The molecule has 27 heavy (non-hydrogen) atoms. The Morgan fingerprint density at radius 1 is 1.07 bits per heavy atom. The lowest BCUT2D eigenvalue weighted by atomic mass is 9.95. The average molecular weight is 415 g/mol. The van der Waals surface area contributed by atoms with Crippen molar-refractivity contribution < 1.29 is 13.2 Å². The van der Waals surface area contributed by atoms with Gasteiger partial charge in [-0.3, -0.25) is 4.90 Å². The van der Waals surface area contributed by atoms with Gasteiger partial charge in [-0.05, 0) is 60.7 Å². The second-order valence-corrected chi connectivity index (χ2v) is 7.84. The zero-order chi connectivity index (χ0) is 19.4. The van der Waals surface area contributed by atoms with Gasteiger partial charge in [0.2, 0.25) is 0 Å². The van der Waals surface area contributed by atoms with Crippen LogP contribution in [0.1, 0.15) is 29.2 Å². The number of hydrogen-bond acceptors (Lipinski definition) is 3. The van der Waals surface area contributed by atoms with Crippen LogP contribution in [0.25, 0.3) is 0 Å². The maximum absolute atomic E-state index is 13.3. The van der Waals surface area contributed by atoms with Gasteiger partial charge in [0.15, 0.2) is 0 Å². The number of halogens is 4. The lowest BCUT2D eigenvalue weighted by molar-refractivity contribution is -0.137. The summed E-state index contributed by atoms with van der Waals surface area (Å²) in [6, 6.07) is 11.3.